The average molecular weight is 380 g/mol. The van der Waals surface area contributed by atoms with Gasteiger partial charge in [0.05, 0.1) is 11.6 Å². The fourth-order valence-corrected chi connectivity index (χ4v) is 2.21. The molecular weight excluding hydrogens is 370 g/mol. The quantitative estimate of drug-likeness (QED) is 0.832. The maximum absolute atomic E-state index is 13.7. The van der Waals surface area contributed by atoms with Crippen molar-refractivity contribution in [1.82, 2.24) is 5.32 Å². The van der Waals surface area contributed by atoms with Gasteiger partial charge in [-0.25, -0.2) is 4.39 Å². The molecule has 0 unspecified atom stereocenters. The maximum atomic E-state index is 13.7. The minimum Gasteiger partial charge on any atom is -0.348 e. The predicted molar refractivity (Wildman–Crippen MR) is 81.4 cm³/mol. The first-order valence-corrected chi connectivity index (χ1v) is 6.90. The predicted octanol–water partition coefficient (Wildman–Crippen LogP) is 3.23. The van der Waals surface area contributed by atoms with E-state index in [4.69, 9.17) is 5.26 Å². The average Bonchev–Trinajstić information content (AvgIpc) is 2.45. The molecule has 0 saturated carbocycles. The topological polar surface area (TPSA) is 52.9 Å². The summed E-state index contributed by atoms with van der Waals surface area (Å²) in [6.07, 6.45) is 0. The number of hydrogen-bond acceptors (Lipinski definition) is 2. The van der Waals surface area contributed by atoms with Gasteiger partial charge in [-0.3, -0.25) is 4.79 Å². The van der Waals surface area contributed by atoms with Gasteiger partial charge in [0.25, 0.3) is 5.91 Å². The van der Waals surface area contributed by atoms with E-state index >= 15 is 0 Å². The van der Waals surface area contributed by atoms with Crippen LogP contribution >= 0.6 is 22.6 Å². The molecule has 20 heavy (non-hydrogen) atoms. The summed E-state index contributed by atoms with van der Waals surface area (Å²) in [6.45, 7) is 0.0852. The number of carbonyl (C=O) groups excluding carboxylic acids is 1. The zero-order valence-electron chi connectivity index (χ0n) is 10.4. The van der Waals surface area contributed by atoms with E-state index in [1.165, 1.54) is 12.1 Å². The Morgan fingerprint density at radius 2 is 2.10 bits per heavy atom. The van der Waals surface area contributed by atoms with Gasteiger partial charge in [-0.1, -0.05) is 12.1 Å². The lowest BCUT2D eigenvalue weighted by molar-refractivity contribution is 0.0950. The van der Waals surface area contributed by atoms with Gasteiger partial charge in [-0.15, -0.1) is 0 Å². The van der Waals surface area contributed by atoms with Crippen LogP contribution in [0.3, 0.4) is 0 Å². The van der Waals surface area contributed by atoms with Crippen molar-refractivity contribution in [2.75, 3.05) is 0 Å². The molecule has 0 aliphatic heterocycles. The third-order valence-corrected chi connectivity index (χ3v) is 3.38. The van der Waals surface area contributed by atoms with E-state index in [-0.39, 0.29) is 18.0 Å². The van der Waals surface area contributed by atoms with Crippen molar-refractivity contribution in [2.45, 2.75) is 6.54 Å². The van der Waals surface area contributed by atoms with Crippen LogP contribution in [0.2, 0.25) is 0 Å². The number of nitriles is 1. The number of nitrogens with zero attached hydrogens (tertiary/aromatic N) is 1. The Balaban J connectivity index is 2.06. The molecule has 0 saturated heterocycles. The highest BCUT2D eigenvalue weighted by atomic mass is 127. The Labute approximate surface area is 129 Å². The van der Waals surface area contributed by atoms with Crippen LogP contribution in [0.1, 0.15) is 21.5 Å². The van der Waals surface area contributed by atoms with Gasteiger partial charge >= 0.3 is 0 Å². The summed E-state index contributed by atoms with van der Waals surface area (Å²) < 4.78 is 14.6. The van der Waals surface area contributed by atoms with Crippen molar-refractivity contribution in [1.29, 1.82) is 5.26 Å². The van der Waals surface area contributed by atoms with E-state index in [2.05, 4.69) is 27.9 Å². The second-order valence-electron chi connectivity index (χ2n) is 4.11. The summed E-state index contributed by atoms with van der Waals surface area (Å²) in [5.41, 5.74) is 1.14. The summed E-state index contributed by atoms with van der Waals surface area (Å²) in [7, 11) is 0. The molecule has 3 nitrogen and oxygen atoms in total. The van der Waals surface area contributed by atoms with Crippen molar-refractivity contribution in [3.8, 4) is 6.07 Å². The lowest BCUT2D eigenvalue weighted by Crippen LogP contribution is -2.23. The van der Waals surface area contributed by atoms with Crippen LogP contribution in [0.25, 0.3) is 0 Å². The molecular formula is C15H10FIN2O. The molecule has 0 aliphatic rings. The van der Waals surface area contributed by atoms with E-state index < -0.39 is 5.82 Å². The van der Waals surface area contributed by atoms with Crippen molar-refractivity contribution in [3.05, 3.63) is 68.5 Å². The molecule has 1 amide bonds. The lowest BCUT2D eigenvalue weighted by atomic mass is 10.1. The molecule has 2 aromatic rings. The summed E-state index contributed by atoms with van der Waals surface area (Å²) >= 11 is 2.12. The monoisotopic (exact) mass is 380 g/mol. The first-order valence-electron chi connectivity index (χ1n) is 5.82. The molecule has 0 fully saturated rings. The fraction of sp³-hybridized carbons (Fsp3) is 0.0667. The molecule has 0 aromatic heterocycles. The van der Waals surface area contributed by atoms with E-state index in [1.54, 1.807) is 18.2 Å². The standard InChI is InChI=1S/C15H10FIN2O/c16-14-6-10(8-18)4-5-12(14)9-19-15(20)11-2-1-3-13(17)7-11/h1-7H,9H2,(H,19,20). The van der Waals surface area contributed by atoms with E-state index in [0.717, 1.165) is 9.64 Å². The summed E-state index contributed by atoms with van der Waals surface area (Å²) in [5, 5.41) is 11.3. The maximum Gasteiger partial charge on any atom is 0.251 e. The first kappa shape index (κ1) is 14.5. The van der Waals surface area contributed by atoms with Crippen LogP contribution in [-0.4, -0.2) is 5.91 Å². The van der Waals surface area contributed by atoms with Crippen molar-refractivity contribution in [3.63, 3.8) is 0 Å². The number of halogens is 2. The van der Waals surface area contributed by atoms with E-state index in [0.29, 0.717) is 11.1 Å². The normalized spacial score (nSPS) is 9.85. The first-order chi connectivity index (χ1) is 9.60. The molecule has 0 spiro atoms. The highest BCUT2D eigenvalue weighted by Crippen LogP contribution is 2.11. The fourth-order valence-electron chi connectivity index (χ4n) is 1.67. The number of amides is 1. The lowest BCUT2D eigenvalue weighted by Gasteiger charge is -2.07. The summed E-state index contributed by atoms with van der Waals surface area (Å²) in [6, 6.07) is 13.2. The van der Waals surface area contributed by atoms with Crippen LogP contribution in [0, 0.1) is 20.7 Å². The van der Waals surface area contributed by atoms with Crippen LogP contribution in [-0.2, 0) is 6.54 Å². The highest BCUT2D eigenvalue weighted by Gasteiger charge is 2.08. The Morgan fingerprint density at radius 3 is 2.75 bits per heavy atom. The smallest absolute Gasteiger partial charge is 0.251 e. The van der Waals surface area contributed by atoms with E-state index in [9.17, 15) is 9.18 Å². The molecule has 100 valence electrons. The number of nitrogens with one attached hydrogen (secondary N) is 1. The van der Waals surface area contributed by atoms with Crippen molar-refractivity contribution in [2.24, 2.45) is 0 Å². The van der Waals surface area contributed by atoms with Crippen LogP contribution < -0.4 is 5.32 Å². The number of benzene rings is 2. The molecule has 2 rings (SSSR count). The Kier molecular flexibility index (Phi) is 4.69. The SMILES string of the molecule is N#Cc1ccc(CNC(=O)c2cccc(I)c2)c(F)c1. The third kappa shape index (κ3) is 3.54. The molecule has 2 aromatic carbocycles. The molecule has 0 radical (unpaired) electrons. The molecule has 0 heterocycles. The molecule has 5 heteroatoms. The molecule has 0 aliphatic carbocycles. The van der Waals surface area contributed by atoms with Gasteiger partial charge in [-0.05, 0) is 52.9 Å². The minimum absolute atomic E-state index is 0.0852. The van der Waals surface area contributed by atoms with Gasteiger partial charge < -0.3 is 5.32 Å². The zero-order valence-corrected chi connectivity index (χ0v) is 12.5. The molecule has 0 bridgehead atoms. The van der Waals surface area contributed by atoms with Gasteiger partial charge in [0.1, 0.15) is 5.82 Å². The van der Waals surface area contributed by atoms with Crippen LogP contribution in [0.15, 0.2) is 42.5 Å². The molecule has 0 atom stereocenters. The Hall–Kier alpha value is -1.94. The zero-order chi connectivity index (χ0) is 14.5. The van der Waals surface area contributed by atoms with Gasteiger partial charge in [-0.2, -0.15) is 5.26 Å². The second kappa shape index (κ2) is 6.48. The number of carbonyl (C=O) groups is 1. The van der Waals surface area contributed by atoms with Gasteiger partial charge in [0.2, 0.25) is 0 Å². The third-order valence-electron chi connectivity index (χ3n) is 2.71. The van der Waals surface area contributed by atoms with Crippen LogP contribution in [0.5, 0.6) is 0 Å². The largest absolute Gasteiger partial charge is 0.348 e. The summed E-state index contributed by atoms with van der Waals surface area (Å²) in [5.74, 6) is -0.751. The van der Waals surface area contributed by atoms with Gasteiger partial charge in [0, 0.05) is 21.2 Å². The van der Waals surface area contributed by atoms with Crippen LogP contribution in [0.4, 0.5) is 4.39 Å². The Bertz CT molecular complexity index is 695. The minimum atomic E-state index is -0.494. The number of rotatable bonds is 3. The van der Waals surface area contributed by atoms with Gasteiger partial charge in [0.15, 0.2) is 0 Å². The van der Waals surface area contributed by atoms with E-state index in [1.807, 2.05) is 12.1 Å². The highest BCUT2D eigenvalue weighted by molar-refractivity contribution is 14.1. The Morgan fingerprint density at radius 1 is 1.30 bits per heavy atom. The summed E-state index contributed by atoms with van der Waals surface area (Å²) in [4.78, 5) is 11.9. The molecule has 1 N–H and O–H groups in total. The van der Waals surface area contributed by atoms with Crippen molar-refractivity contribution >= 4 is 28.5 Å². The number of hydrogen-bond donors (Lipinski definition) is 1. The second-order valence-corrected chi connectivity index (χ2v) is 5.36. The van der Waals surface area contributed by atoms with Crippen molar-refractivity contribution < 1.29 is 9.18 Å².